The summed E-state index contributed by atoms with van der Waals surface area (Å²) in [6.45, 7) is 4.19. The first-order chi connectivity index (χ1) is 16.8. The first-order valence-corrected chi connectivity index (χ1v) is 13.1. The molecule has 35 heavy (non-hydrogen) atoms. The highest BCUT2D eigenvalue weighted by Gasteiger charge is 2.38. The van der Waals surface area contributed by atoms with Crippen molar-refractivity contribution in [2.75, 3.05) is 36.8 Å². The highest BCUT2D eigenvalue weighted by atomic mass is 32.3. The number of amides is 2. The van der Waals surface area contributed by atoms with Crippen LogP contribution in [0.15, 0.2) is 53.4 Å². The Balaban J connectivity index is 1.42. The summed E-state index contributed by atoms with van der Waals surface area (Å²) in [6, 6.07) is 14.1. The van der Waals surface area contributed by atoms with Crippen molar-refractivity contribution in [1.82, 2.24) is 15.7 Å². The number of carbonyl (C=O) groups excluding carboxylic acids is 2. The number of hydrogen-bond donors (Lipinski definition) is 5. The summed E-state index contributed by atoms with van der Waals surface area (Å²) in [7, 11) is -2.77. The predicted molar refractivity (Wildman–Crippen MR) is 134 cm³/mol. The largest absolute Gasteiger partial charge is 0.364 e. The quantitative estimate of drug-likeness (QED) is 0.235. The predicted octanol–water partition coefficient (Wildman–Crippen LogP) is 2.38. The molecule has 1 fully saturated rings. The third kappa shape index (κ3) is 5.61. The molecule has 0 radical (unpaired) electrons. The van der Waals surface area contributed by atoms with Gasteiger partial charge in [0.25, 0.3) is 5.91 Å². The van der Waals surface area contributed by atoms with E-state index in [1.54, 1.807) is 36.7 Å². The van der Waals surface area contributed by atoms with Gasteiger partial charge in [-0.3, -0.25) is 28.8 Å². The fraction of sp³-hybridized carbons (Fsp3) is 0.360. The number of para-hydroxylation sites is 1. The first-order valence-electron chi connectivity index (χ1n) is 11.4. The molecule has 186 valence electrons. The summed E-state index contributed by atoms with van der Waals surface area (Å²) in [4.78, 5) is 29.7. The van der Waals surface area contributed by atoms with E-state index in [0.29, 0.717) is 43.2 Å². The lowest BCUT2D eigenvalue weighted by Crippen LogP contribution is -2.45. The number of anilines is 1. The standard InChI is InChI=1S/C25H30N4O5S/c1-2-3-12-28-16-20(25(31)27-32)21(17-28)26-24(30)19-10-8-18(9-11-19)15-29-13-14-35(33,34)23-7-5-4-6-22(23)29/h4-11,20-21,32-34H,12-17H2,1H3,(H,26,30)(H,27,31)/t20-,21+/m0/s1. The van der Waals surface area contributed by atoms with Gasteiger partial charge in [-0.05, 0) is 36.8 Å². The number of nitrogens with one attached hydrogen (secondary N) is 2. The maximum Gasteiger partial charge on any atom is 0.251 e. The van der Waals surface area contributed by atoms with Gasteiger partial charge in [0, 0.05) is 31.7 Å². The molecule has 0 saturated carbocycles. The van der Waals surface area contributed by atoms with E-state index in [9.17, 15) is 18.7 Å². The van der Waals surface area contributed by atoms with Crippen molar-refractivity contribution in [1.29, 1.82) is 0 Å². The van der Waals surface area contributed by atoms with Crippen LogP contribution in [0, 0.1) is 17.8 Å². The molecule has 1 saturated heterocycles. The van der Waals surface area contributed by atoms with Crippen molar-refractivity contribution in [3.8, 4) is 11.8 Å². The van der Waals surface area contributed by atoms with Crippen molar-refractivity contribution in [3.05, 3.63) is 59.7 Å². The number of carbonyl (C=O) groups is 2. The van der Waals surface area contributed by atoms with Gasteiger partial charge in [-0.1, -0.05) is 30.2 Å². The number of hydrogen-bond acceptors (Lipinski definition) is 7. The molecule has 0 bridgehead atoms. The molecule has 0 unspecified atom stereocenters. The summed E-state index contributed by atoms with van der Waals surface area (Å²) < 4.78 is 20.7. The highest BCUT2D eigenvalue weighted by molar-refractivity contribution is 8.24. The van der Waals surface area contributed by atoms with Crippen LogP contribution in [0.5, 0.6) is 0 Å². The minimum absolute atomic E-state index is 0.287. The first kappa shape index (κ1) is 25.0. The van der Waals surface area contributed by atoms with Gasteiger partial charge in [-0.25, -0.2) is 5.48 Å². The molecule has 5 N–H and O–H groups in total. The van der Waals surface area contributed by atoms with E-state index in [4.69, 9.17) is 5.21 Å². The maximum atomic E-state index is 12.9. The van der Waals surface area contributed by atoms with Gasteiger partial charge in [0.15, 0.2) is 0 Å². The van der Waals surface area contributed by atoms with Gasteiger partial charge < -0.3 is 10.2 Å². The number of nitrogens with zero attached hydrogens (tertiary/aromatic N) is 2. The van der Waals surface area contributed by atoms with Crippen LogP contribution >= 0.6 is 10.6 Å². The summed E-state index contributed by atoms with van der Waals surface area (Å²) in [5.41, 5.74) is 3.96. The second-order valence-electron chi connectivity index (χ2n) is 8.74. The van der Waals surface area contributed by atoms with Crippen LogP contribution in [-0.2, 0) is 11.3 Å². The molecular weight excluding hydrogens is 468 g/mol. The van der Waals surface area contributed by atoms with Crippen LogP contribution in [0.25, 0.3) is 0 Å². The Kier molecular flexibility index (Phi) is 7.64. The van der Waals surface area contributed by atoms with E-state index in [0.717, 1.165) is 11.3 Å². The van der Waals surface area contributed by atoms with Crippen molar-refractivity contribution in [2.45, 2.75) is 24.4 Å². The van der Waals surface area contributed by atoms with Gasteiger partial charge in [-0.2, -0.15) is 10.6 Å². The third-order valence-corrected chi connectivity index (χ3v) is 8.23. The summed E-state index contributed by atoms with van der Waals surface area (Å²) in [6.07, 6.45) is 0. The van der Waals surface area contributed by atoms with Crippen LogP contribution in [0.1, 0.15) is 22.8 Å². The van der Waals surface area contributed by atoms with E-state index in [1.807, 2.05) is 29.2 Å². The van der Waals surface area contributed by atoms with Crippen LogP contribution in [0.4, 0.5) is 5.69 Å². The average molecular weight is 499 g/mol. The average Bonchev–Trinajstić information content (AvgIpc) is 3.27. The molecule has 0 aliphatic carbocycles. The van der Waals surface area contributed by atoms with Crippen LogP contribution < -0.4 is 15.7 Å². The van der Waals surface area contributed by atoms with E-state index in [1.165, 1.54) is 0 Å². The number of benzene rings is 2. The lowest BCUT2D eigenvalue weighted by Gasteiger charge is -2.43. The fourth-order valence-corrected chi connectivity index (χ4v) is 6.08. The van der Waals surface area contributed by atoms with E-state index in [-0.39, 0.29) is 11.7 Å². The molecule has 2 heterocycles. The zero-order chi connectivity index (χ0) is 25.0. The Hall–Kier alpha value is -3.07. The molecule has 9 nitrogen and oxygen atoms in total. The molecule has 2 amide bonds. The molecule has 4 rings (SSSR count). The van der Waals surface area contributed by atoms with E-state index < -0.39 is 28.5 Å². The van der Waals surface area contributed by atoms with E-state index >= 15 is 0 Å². The molecule has 0 aromatic heterocycles. The summed E-state index contributed by atoms with van der Waals surface area (Å²) in [5.74, 6) is 4.67. The number of fused-ring (bicyclic) bond motifs is 1. The zero-order valence-corrected chi connectivity index (χ0v) is 20.3. The topological polar surface area (TPSA) is 125 Å². The van der Waals surface area contributed by atoms with Crippen molar-refractivity contribution >= 4 is 28.1 Å². The second-order valence-corrected chi connectivity index (χ2v) is 10.9. The van der Waals surface area contributed by atoms with Crippen molar-refractivity contribution < 1.29 is 23.9 Å². The summed E-state index contributed by atoms with van der Waals surface area (Å²) >= 11 is 0. The third-order valence-electron chi connectivity index (χ3n) is 6.43. The summed E-state index contributed by atoms with van der Waals surface area (Å²) in [5, 5.41) is 12.0. The molecule has 2 aliphatic rings. The van der Waals surface area contributed by atoms with Crippen LogP contribution in [-0.4, -0.2) is 69.0 Å². The maximum absolute atomic E-state index is 12.9. The van der Waals surface area contributed by atoms with Crippen molar-refractivity contribution in [2.24, 2.45) is 5.92 Å². The zero-order valence-electron chi connectivity index (χ0n) is 19.5. The van der Waals surface area contributed by atoms with Gasteiger partial charge >= 0.3 is 0 Å². The molecular formula is C25H30N4O5S. The molecule has 2 atom stereocenters. The Morgan fingerprint density at radius 2 is 1.86 bits per heavy atom. The Bertz CT molecular complexity index is 1140. The molecule has 10 heteroatoms. The SMILES string of the molecule is CC#CCN1C[C@H](C(=O)NO)[C@H](NC(=O)c2ccc(CN3CCS(O)(O)c4ccccc43)cc2)C1. The van der Waals surface area contributed by atoms with Gasteiger partial charge in [0.1, 0.15) is 0 Å². The molecule has 2 aromatic carbocycles. The van der Waals surface area contributed by atoms with E-state index in [2.05, 4.69) is 22.1 Å². The number of rotatable bonds is 6. The number of likely N-dealkylation sites (tertiary alicyclic amines) is 1. The Labute approximate surface area is 206 Å². The molecule has 2 aromatic rings. The lowest BCUT2D eigenvalue weighted by molar-refractivity contribution is -0.133. The van der Waals surface area contributed by atoms with Gasteiger partial charge in [-0.15, -0.1) is 5.92 Å². The highest BCUT2D eigenvalue weighted by Crippen LogP contribution is 2.55. The minimum atomic E-state index is -2.77. The van der Waals surface area contributed by atoms with Crippen LogP contribution in [0.3, 0.4) is 0 Å². The van der Waals surface area contributed by atoms with Crippen molar-refractivity contribution in [3.63, 3.8) is 0 Å². The normalized spacial score (nSPS) is 21.9. The molecule has 2 aliphatic heterocycles. The molecule has 0 spiro atoms. The monoisotopic (exact) mass is 498 g/mol. The van der Waals surface area contributed by atoms with Crippen LogP contribution in [0.2, 0.25) is 0 Å². The van der Waals surface area contributed by atoms with Gasteiger partial charge in [0.2, 0.25) is 5.91 Å². The lowest BCUT2D eigenvalue weighted by atomic mass is 10.0. The Morgan fingerprint density at radius 3 is 2.57 bits per heavy atom. The van der Waals surface area contributed by atoms with Gasteiger partial charge in [0.05, 0.1) is 34.8 Å². The smallest absolute Gasteiger partial charge is 0.251 e. The minimum Gasteiger partial charge on any atom is -0.364 e. The number of hydroxylamine groups is 1. The Morgan fingerprint density at radius 1 is 1.11 bits per heavy atom. The second kappa shape index (κ2) is 10.7. The fourth-order valence-electron chi connectivity index (χ4n) is 4.56.